The lowest BCUT2D eigenvalue weighted by Gasteiger charge is -2.22. The van der Waals surface area contributed by atoms with Crippen molar-refractivity contribution in [3.05, 3.63) is 36.4 Å². The number of methoxy groups -OCH3 is 2. The molecule has 1 rings (SSSR count). The van der Waals surface area contributed by atoms with E-state index in [1.54, 1.807) is 4.90 Å². The van der Waals surface area contributed by atoms with Crippen LogP contribution in [0.25, 0.3) is 0 Å². The number of ether oxygens (including phenoxy) is 3. The minimum absolute atomic E-state index is 0.0377. The minimum atomic E-state index is -0.422. The summed E-state index contributed by atoms with van der Waals surface area (Å²) in [6, 6.07) is 7.42. The first-order valence-electron chi connectivity index (χ1n) is 13.9. The molecule has 0 saturated carbocycles. The second-order valence-electron chi connectivity index (χ2n) is 9.29. The van der Waals surface area contributed by atoms with E-state index in [0.29, 0.717) is 12.3 Å². The first-order chi connectivity index (χ1) is 17.6. The standard InChI is InChI=1S/C30H49NO5/c1-4-5-6-7-8-9-10-11-12-13-14-15-16-17-18-19-23-36-28-22-20-21-27(24-28)31(25-29(32)34-2)26-30(33)35-3/h11-12,20-22,24H,4-10,13-19,23,25-26H2,1-3H3/b12-11-. The van der Waals surface area contributed by atoms with Gasteiger partial charge in [-0.15, -0.1) is 0 Å². The molecular weight excluding hydrogens is 454 g/mol. The summed E-state index contributed by atoms with van der Waals surface area (Å²) in [7, 11) is 2.65. The SMILES string of the molecule is CCCCCCCC/C=C\CCCCCCCCOc1cccc(N(CC(=O)OC)CC(=O)OC)c1. The van der Waals surface area contributed by atoms with E-state index >= 15 is 0 Å². The first kappa shape index (κ1) is 31.5. The van der Waals surface area contributed by atoms with Gasteiger partial charge in [-0.1, -0.05) is 82.9 Å². The Bertz CT molecular complexity index is 716. The molecule has 1 aromatic rings. The van der Waals surface area contributed by atoms with Crippen LogP contribution in [-0.2, 0) is 19.1 Å². The number of esters is 2. The summed E-state index contributed by atoms with van der Waals surface area (Å²) in [6.45, 7) is 2.84. The minimum Gasteiger partial charge on any atom is -0.494 e. The number of nitrogens with zero attached hydrogens (tertiary/aromatic N) is 1. The number of hydrogen-bond acceptors (Lipinski definition) is 6. The lowest BCUT2D eigenvalue weighted by Crippen LogP contribution is -2.35. The largest absolute Gasteiger partial charge is 0.494 e. The number of benzene rings is 1. The smallest absolute Gasteiger partial charge is 0.325 e. The topological polar surface area (TPSA) is 65.1 Å². The molecule has 0 bridgehead atoms. The van der Waals surface area contributed by atoms with Crippen molar-refractivity contribution in [2.75, 3.05) is 38.8 Å². The molecule has 0 aromatic heterocycles. The van der Waals surface area contributed by atoms with Crippen LogP contribution >= 0.6 is 0 Å². The Balaban J connectivity index is 2.15. The molecule has 0 heterocycles. The molecule has 0 amide bonds. The van der Waals surface area contributed by atoms with Crippen LogP contribution in [0.2, 0.25) is 0 Å². The van der Waals surface area contributed by atoms with Gasteiger partial charge in [0.2, 0.25) is 0 Å². The van der Waals surface area contributed by atoms with E-state index in [0.717, 1.165) is 18.6 Å². The fraction of sp³-hybridized carbons (Fsp3) is 0.667. The van der Waals surface area contributed by atoms with Gasteiger partial charge in [-0.25, -0.2) is 0 Å². The van der Waals surface area contributed by atoms with Crippen LogP contribution in [0.3, 0.4) is 0 Å². The molecule has 0 radical (unpaired) electrons. The van der Waals surface area contributed by atoms with Gasteiger partial charge in [-0.05, 0) is 44.2 Å². The van der Waals surface area contributed by atoms with Crippen LogP contribution in [-0.4, -0.2) is 45.9 Å². The van der Waals surface area contributed by atoms with Gasteiger partial charge in [0, 0.05) is 11.8 Å². The molecule has 0 unspecified atom stereocenters. The quantitative estimate of drug-likeness (QED) is 0.0943. The van der Waals surface area contributed by atoms with Crippen LogP contribution in [0.4, 0.5) is 5.69 Å². The van der Waals surface area contributed by atoms with Gasteiger partial charge in [0.05, 0.1) is 20.8 Å². The highest BCUT2D eigenvalue weighted by Crippen LogP contribution is 2.22. The Labute approximate surface area is 219 Å². The van der Waals surface area contributed by atoms with Gasteiger partial charge in [-0.2, -0.15) is 0 Å². The third-order valence-corrected chi connectivity index (χ3v) is 6.20. The zero-order chi connectivity index (χ0) is 26.3. The lowest BCUT2D eigenvalue weighted by molar-refractivity contribution is -0.140. The van der Waals surface area contributed by atoms with Gasteiger partial charge in [0.25, 0.3) is 0 Å². The highest BCUT2D eigenvalue weighted by Gasteiger charge is 2.16. The second-order valence-corrected chi connectivity index (χ2v) is 9.29. The Morgan fingerprint density at radius 2 is 1.28 bits per heavy atom. The fourth-order valence-corrected chi connectivity index (χ4v) is 3.99. The molecule has 0 spiro atoms. The van der Waals surface area contributed by atoms with E-state index in [1.165, 1.54) is 91.3 Å². The molecule has 0 atom stereocenters. The number of carbonyl (C=O) groups excluding carboxylic acids is 2. The van der Waals surface area contributed by atoms with Crippen LogP contribution in [0.15, 0.2) is 36.4 Å². The maximum absolute atomic E-state index is 11.7. The van der Waals surface area contributed by atoms with Crippen molar-refractivity contribution in [2.24, 2.45) is 0 Å². The van der Waals surface area contributed by atoms with Crippen LogP contribution < -0.4 is 9.64 Å². The average molecular weight is 504 g/mol. The van der Waals surface area contributed by atoms with Gasteiger partial charge in [-0.3, -0.25) is 9.59 Å². The van der Waals surface area contributed by atoms with Gasteiger partial charge in [0.1, 0.15) is 18.8 Å². The summed E-state index contributed by atoms with van der Waals surface area (Å²) in [5.41, 5.74) is 0.712. The van der Waals surface area contributed by atoms with Crippen molar-refractivity contribution in [2.45, 2.75) is 96.8 Å². The van der Waals surface area contributed by atoms with Crippen molar-refractivity contribution in [3.8, 4) is 5.75 Å². The second kappa shape index (κ2) is 21.8. The molecule has 6 nitrogen and oxygen atoms in total. The lowest BCUT2D eigenvalue weighted by atomic mass is 10.1. The maximum atomic E-state index is 11.7. The van der Waals surface area contributed by atoms with E-state index < -0.39 is 11.9 Å². The van der Waals surface area contributed by atoms with Crippen molar-refractivity contribution in [3.63, 3.8) is 0 Å². The molecule has 0 fully saturated rings. The molecule has 1 aromatic carbocycles. The Hall–Kier alpha value is -2.50. The molecular formula is C30H49NO5. The van der Waals surface area contributed by atoms with Gasteiger partial charge < -0.3 is 19.1 Å². The summed E-state index contributed by atoms with van der Waals surface area (Å²) in [4.78, 5) is 25.1. The average Bonchev–Trinajstić information content (AvgIpc) is 2.90. The summed E-state index contributed by atoms with van der Waals surface area (Å²) in [5.74, 6) is -0.121. The molecule has 0 aliphatic rings. The molecule has 0 aliphatic heterocycles. The number of rotatable bonds is 22. The van der Waals surface area contributed by atoms with Crippen molar-refractivity contribution < 1.29 is 23.8 Å². The monoisotopic (exact) mass is 503 g/mol. The van der Waals surface area contributed by atoms with Crippen LogP contribution in [0.5, 0.6) is 5.75 Å². The number of hydrogen-bond donors (Lipinski definition) is 0. The molecule has 0 aliphatic carbocycles. The Morgan fingerprint density at radius 3 is 1.83 bits per heavy atom. The predicted octanol–water partition coefficient (Wildman–Crippen LogP) is 7.26. The van der Waals surface area contributed by atoms with E-state index in [1.807, 2.05) is 24.3 Å². The molecule has 0 N–H and O–H groups in total. The molecule has 0 saturated heterocycles. The van der Waals surface area contributed by atoms with E-state index in [4.69, 9.17) is 14.2 Å². The molecule has 6 heteroatoms. The van der Waals surface area contributed by atoms with E-state index in [9.17, 15) is 9.59 Å². The number of carbonyl (C=O) groups is 2. The summed E-state index contributed by atoms with van der Waals surface area (Å²) >= 11 is 0. The zero-order valence-corrected chi connectivity index (χ0v) is 23.0. The zero-order valence-electron chi connectivity index (χ0n) is 23.0. The van der Waals surface area contributed by atoms with Crippen LogP contribution in [0, 0.1) is 0 Å². The highest BCUT2D eigenvalue weighted by molar-refractivity contribution is 5.81. The number of allylic oxidation sites excluding steroid dienone is 2. The van der Waals surface area contributed by atoms with E-state index in [-0.39, 0.29) is 13.1 Å². The van der Waals surface area contributed by atoms with Gasteiger partial charge in [0.15, 0.2) is 0 Å². The first-order valence-corrected chi connectivity index (χ1v) is 13.9. The third-order valence-electron chi connectivity index (χ3n) is 6.20. The summed E-state index contributed by atoms with van der Waals surface area (Å²) < 4.78 is 15.4. The van der Waals surface area contributed by atoms with Crippen molar-refractivity contribution >= 4 is 17.6 Å². The Morgan fingerprint density at radius 1 is 0.750 bits per heavy atom. The number of unbranched alkanes of at least 4 members (excludes halogenated alkanes) is 12. The van der Waals surface area contributed by atoms with Gasteiger partial charge >= 0.3 is 11.9 Å². The highest BCUT2D eigenvalue weighted by atomic mass is 16.5. The normalized spacial score (nSPS) is 11.0. The van der Waals surface area contributed by atoms with Crippen molar-refractivity contribution in [1.29, 1.82) is 0 Å². The Kier molecular flexibility index (Phi) is 19.1. The molecule has 204 valence electrons. The van der Waals surface area contributed by atoms with Crippen molar-refractivity contribution in [1.82, 2.24) is 0 Å². The summed E-state index contributed by atoms with van der Waals surface area (Å²) in [5, 5.41) is 0. The van der Waals surface area contributed by atoms with Crippen LogP contribution in [0.1, 0.15) is 96.8 Å². The third kappa shape index (κ3) is 16.2. The fourth-order valence-electron chi connectivity index (χ4n) is 3.99. The summed E-state index contributed by atoms with van der Waals surface area (Å²) in [6.07, 6.45) is 22.6. The van der Waals surface area contributed by atoms with E-state index in [2.05, 4.69) is 19.1 Å². The molecule has 36 heavy (non-hydrogen) atoms. The predicted molar refractivity (Wildman–Crippen MR) is 148 cm³/mol. The maximum Gasteiger partial charge on any atom is 0.325 e. The number of anilines is 1.